The Morgan fingerprint density at radius 2 is 1.81 bits per heavy atom. The van der Waals surface area contributed by atoms with E-state index in [0.717, 1.165) is 30.2 Å². The monoisotopic (exact) mass is 421 g/mol. The van der Waals surface area contributed by atoms with Crippen molar-refractivity contribution in [3.05, 3.63) is 56.2 Å². The summed E-state index contributed by atoms with van der Waals surface area (Å²) < 4.78 is 4.99. The molecule has 1 aromatic carbocycles. The van der Waals surface area contributed by atoms with E-state index in [1.165, 1.54) is 36.7 Å². The number of anilines is 1. The SMILES string of the molecule is Cc1ccccc1Cn1c(=O)c2c(nc3n2C[C@@H](C)CN3C2CCCCC2)n(C)c1=O. The van der Waals surface area contributed by atoms with Crippen molar-refractivity contribution in [1.82, 2.24) is 18.7 Å². The second kappa shape index (κ2) is 7.70. The molecule has 1 atom stereocenters. The first-order valence-corrected chi connectivity index (χ1v) is 11.5. The fourth-order valence-corrected chi connectivity index (χ4v) is 5.34. The summed E-state index contributed by atoms with van der Waals surface area (Å²) in [6, 6.07) is 8.37. The largest absolute Gasteiger partial charge is 0.339 e. The molecule has 2 aliphatic rings. The van der Waals surface area contributed by atoms with Crippen LogP contribution in [0.3, 0.4) is 0 Å². The number of hydrogen-bond acceptors (Lipinski definition) is 4. The van der Waals surface area contributed by atoms with Crippen LogP contribution in [0, 0.1) is 12.8 Å². The highest BCUT2D eigenvalue weighted by Gasteiger charge is 2.33. The van der Waals surface area contributed by atoms with Gasteiger partial charge in [-0.25, -0.2) is 4.79 Å². The van der Waals surface area contributed by atoms with E-state index in [1.807, 2.05) is 31.2 Å². The maximum atomic E-state index is 13.6. The van der Waals surface area contributed by atoms with Crippen LogP contribution in [-0.2, 0) is 20.1 Å². The van der Waals surface area contributed by atoms with Gasteiger partial charge in [0.15, 0.2) is 11.2 Å². The Morgan fingerprint density at radius 1 is 1.06 bits per heavy atom. The fraction of sp³-hybridized carbons (Fsp3) is 0.542. The van der Waals surface area contributed by atoms with Gasteiger partial charge in [-0.2, -0.15) is 4.98 Å². The molecule has 5 rings (SSSR count). The van der Waals surface area contributed by atoms with Crippen LogP contribution in [0.2, 0.25) is 0 Å². The van der Waals surface area contributed by atoms with Crippen molar-refractivity contribution in [3.63, 3.8) is 0 Å². The van der Waals surface area contributed by atoms with E-state index < -0.39 is 0 Å². The smallest absolute Gasteiger partial charge is 0.332 e. The Bertz CT molecular complexity index is 1250. The summed E-state index contributed by atoms with van der Waals surface area (Å²) in [5, 5.41) is 0. The molecule has 0 N–H and O–H groups in total. The summed E-state index contributed by atoms with van der Waals surface area (Å²) in [4.78, 5) is 34.0. The van der Waals surface area contributed by atoms with E-state index in [2.05, 4.69) is 16.4 Å². The molecule has 0 unspecified atom stereocenters. The van der Waals surface area contributed by atoms with E-state index in [0.29, 0.717) is 23.1 Å². The maximum Gasteiger partial charge on any atom is 0.332 e. The standard InChI is InChI=1S/C24H31N5O2/c1-16-13-27(19-11-5-4-6-12-19)23-25-21-20(28(23)14-16)22(30)29(24(31)26(21)3)15-18-10-8-7-9-17(18)2/h7-10,16,19H,4-6,11-15H2,1-3H3/t16-/m0/s1. The van der Waals surface area contributed by atoms with Crippen molar-refractivity contribution in [3.8, 4) is 0 Å². The molecule has 7 nitrogen and oxygen atoms in total. The summed E-state index contributed by atoms with van der Waals surface area (Å²) in [5.74, 6) is 1.29. The lowest BCUT2D eigenvalue weighted by atomic mass is 9.93. The molecule has 7 heteroatoms. The van der Waals surface area contributed by atoms with Gasteiger partial charge in [-0.3, -0.25) is 13.9 Å². The molecule has 0 saturated heterocycles. The molecule has 1 fully saturated rings. The van der Waals surface area contributed by atoms with Crippen LogP contribution in [0.15, 0.2) is 33.9 Å². The lowest BCUT2D eigenvalue weighted by Gasteiger charge is -2.40. The summed E-state index contributed by atoms with van der Waals surface area (Å²) >= 11 is 0. The maximum absolute atomic E-state index is 13.6. The zero-order valence-corrected chi connectivity index (χ0v) is 18.7. The first kappa shape index (κ1) is 20.1. The van der Waals surface area contributed by atoms with Crippen LogP contribution < -0.4 is 16.1 Å². The average Bonchev–Trinajstić information content (AvgIpc) is 3.16. The quantitative estimate of drug-likeness (QED) is 0.652. The van der Waals surface area contributed by atoms with Gasteiger partial charge in [0.1, 0.15) is 0 Å². The van der Waals surface area contributed by atoms with Gasteiger partial charge in [0.05, 0.1) is 6.54 Å². The zero-order chi connectivity index (χ0) is 21.7. The van der Waals surface area contributed by atoms with E-state index in [4.69, 9.17) is 4.98 Å². The van der Waals surface area contributed by atoms with Crippen LogP contribution >= 0.6 is 0 Å². The normalized spacial score (nSPS) is 19.7. The van der Waals surface area contributed by atoms with Gasteiger partial charge in [-0.15, -0.1) is 0 Å². The molecule has 164 valence electrons. The Kier molecular flexibility index (Phi) is 4.99. The minimum atomic E-state index is -0.312. The zero-order valence-electron chi connectivity index (χ0n) is 18.7. The van der Waals surface area contributed by atoms with Crippen LogP contribution in [0.5, 0.6) is 0 Å². The highest BCUT2D eigenvalue weighted by Crippen LogP contribution is 2.33. The molecule has 0 spiro atoms. The summed E-state index contributed by atoms with van der Waals surface area (Å²) in [6.45, 7) is 6.23. The van der Waals surface area contributed by atoms with E-state index in [9.17, 15) is 9.59 Å². The van der Waals surface area contributed by atoms with Crippen molar-refractivity contribution in [2.75, 3.05) is 11.4 Å². The molecule has 31 heavy (non-hydrogen) atoms. The van der Waals surface area contributed by atoms with E-state index in [1.54, 1.807) is 11.6 Å². The Hall–Kier alpha value is -2.83. The second-order valence-corrected chi connectivity index (χ2v) is 9.40. The highest BCUT2D eigenvalue weighted by molar-refractivity contribution is 5.75. The van der Waals surface area contributed by atoms with Crippen LogP contribution in [0.1, 0.15) is 50.2 Å². The molecule has 0 amide bonds. The third-order valence-electron chi connectivity index (χ3n) is 7.08. The van der Waals surface area contributed by atoms with Gasteiger partial charge in [-0.1, -0.05) is 50.5 Å². The van der Waals surface area contributed by atoms with Crippen molar-refractivity contribution >= 4 is 17.1 Å². The predicted octanol–water partition coefficient (Wildman–Crippen LogP) is 3.04. The lowest BCUT2D eigenvalue weighted by Crippen LogP contribution is -2.45. The van der Waals surface area contributed by atoms with Crippen molar-refractivity contribution in [2.45, 2.75) is 65.1 Å². The summed E-state index contributed by atoms with van der Waals surface area (Å²) in [5.41, 5.74) is 2.56. The molecule has 0 radical (unpaired) electrons. The number of imidazole rings is 1. The minimum Gasteiger partial charge on any atom is -0.339 e. The summed E-state index contributed by atoms with van der Waals surface area (Å²) in [7, 11) is 1.73. The molecule has 3 heterocycles. The van der Waals surface area contributed by atoms with Gasteiger partial charge >= 0.3 is 5.69 Å². The van der Waals surface area contributed by atoms with Crippen molar-refractivity contribution < 1.29 is 0 Å². The third kappa shape index (κ3) is 3.30. The van der Waals surface area contributed by atoms with Crippen molar-refractivity contribution in [1.29, 1.82) is 0 Å². The lowest BCUT2D eigenvalue weighted by molar-refractivity contribution is 0.354. The highest BCUT2D eigenvalue weighted by atomic mass is 16.2. The Morgan fingerprint density at radius 3 is 2.55 bits per heavy atom. The van der Waals surface area contributed by atoms with Gasteiger partial charge in [-0.05, 0) is 36.8 Å². The molecular weight excluding hydrogens is 390 g/mol. The number of rotatable bonds is 3. The summed E-state index contributed by atoms with van der Waals surface area (Å²) in [6.07, 6.45) is 6.14. The average molecular weight is 422 g/mol. The minimum absolute atomic E-state index is 0.238. The predicted molar refractivity (Wildman–Crippen MR) is 123 cm³/mol. The van der Waals surface area contributed by atoms with Crippen LogP contribution in [0.25, 0.3) is 11.2 Å². The first-order valence-electron chi connectivity index (χ1n) is 11.5. The molecule has 0 bridgehead atoms. The Labute approximate surface area is 181 Å². The number of fused-ring (bicyclic) bond motifs is 3. The van der Waals surface area contributed by atoms with Gasteiger partial charge in [0.2, 0.25) is 5.95 Å². The second-order valence-electron chi connectivity index (χ2n) is 9.40. The van der Waals surface area contributed by atoms with E-state index >= 15 is 0 Å². The van der Waals surface area contributed by atoms with Crippen LogP contribution in [0.4, 0.5) is 5.95 Å². The number of hydrogen-bond donors (Lipinski definition) is 0. The molecule has 2 aromatic heterocycles. The third-order valence-corrected chi connectivity index (χ3v) is 7.08. The van der Waals surface area contributed by atoms with Crippen LogP contribution in [-0.4, -0.2) is 31.3 Å². The topological polar surface area (TPSA) is 65.1 Å². The fourth-order valence-electron chi connectivity index (χ4n) is 5.34. The van der Waals surface area contributed by atoms with E-state index in [-0.39, 0.29) is 17.8 Å². The van der Waals surface area contributed by atoms with Gasteiger partial charge < -0.3 is 9.47 Å². The molecule has 1 saturated carbocycles. The number of aryl methyl sites for hydroxylation is 2. The molecule has 3 aromatic rings. The number of benzene rings is 1. The molecule has 1 aliphatic carbocycles. The number of aromatic nitrogens is 4. The Balaban J connectivity index is 1.68. The first-order chi connectivity index (χ1) is 15.0. The number of nitrogens with zero attached hydrogens (tertiary/aromatic N) is 5. The molecular formula is C24H31N5O2. The van der Waals surface area contributed by atoms with Gasteiger partial charge in [0.25, 0.3) is 5.56 Å². The van der Waals surface area contributed by atoms with Gasteiger partial charge in [0, 0.05) is 26.2 Å². The molecule has 1 aliphatic heterocycles. The van der Waals surface area contributed by atoms with Crippen molar-refractivity contribution in [2.24, 2.45) is 13.0 Å².